The maximum Gasteiger partial charge on any atom is 0.251 e. The first-order valence-corrected chi connectivity index (χ1v) is 13.8. The molecule has 1 heterocycles. The molecule has 11 heteroatoms. The maximum absolute atomic E-state index is 12.9. The number of nitrogens with zero attached hydrogens (tertiary/aromatic N) is 2. The number of rotatable bonds is 10. The zero-order valence-electron chi connectivity index (χ0n) is 19.1. The first kappa shape index (κ1) is 26.3. The fourth-order valence-corrected chi connectivity index (χ4v) is 6.20. The van der Waals surface area contributed by atoms with Crippen molar-refractivity contribution in [1.29, 1.82) is 0 Å². The minimum atomic E-state index is -3.70. The molecule has 0 aliphatic carbocycles. The summed E-state index contributed by atoms with van der Waals surface area (Å²) in [5.74, 6) is -1.08. The molecule has 32 heavy (non-hydrogen) atoms. The number of thiazole rings is 1. The van der Waals surface area contributed by atoms with E-state index >= 15 is 0 Å². The Morgan fingerprint density at radius 2 is 1.88 bits per heavy atom. The standard InChI is InChI=1S/C21H30N4O4S3/c1-7-25(8-2)32(28,29)16-11-9-10-15(12-16)18(26)23-17(13(3)4)19(27)24-21-22-14(5)20(30-6)31-21/h9-13,17H,7-8H2,1-6H3,(H,23,26)(H,22,24,27). The third kappa shape index (κ3) is 6.09. The fourth-order valence-electron chi connectivity index (χ4n) is 3.08. The fraction of sp³-hybridized carbons (Fsp3) is 0.476. The number of amides is 2. The maximum atomic E-state index is 12.9. The monoisotopic (exact) mass is 498 g/mol. The van der Waals surface area contributed by atoms with Crippen molar-refractivity contribution in [2.45, 2.75) is 49.8 Å². The first-order valence-electron chi connectivity index (χ1n) is 10.3. The van der Waals surface area contributed by atoms with E-state index in [-0.39, 0.29) is 22.3 Å². The summed E-state index contributed by atoms with van der Waals surface area (Å²) in [5, 5.41) is 5.99. The Morgan fingerprint density at radius 3 is 2.41 bits per heavy atom. The van der Waals surface area contributed by atoms with Gasteiger partial charge in [0.25, 0.3) is 5.91 Å². The molecule has 176 valence electrons. The van der Waals surface area contributed by atoms with Gasteiger partial charge in [-0.05, 0) is 37.3 Å². The van der Waals surface area contributed by atoms with Crippen LogP contribution in [-0.4, -0.2) is 54.9 Å². The number of aryl methyl sites for hydroxylation is 1. The van der Waals surface area contributed by atoms with Gasteiger partial charge in [-0.15, -0.1) is 11.8 Å². The van der Waals surface area contributed by atoms with Crippen molar-refractivity contribution in [2.75, 3.05) is 24.7 Å². The minimum absolute atomic E-state index is 0.0438. The zero-order valence-corrected chi connectivity index (χ0v) is 21.6. The normalized spacial score (nSPS) is 12.8. The molecule has 1 atom stereocenters. The minimum Gasteiger partial charge on any atom is -0.340 e. The van der Waals surface area contributed by atoms with Gasteiger partial charge in [-0.2, -0.15) is 4.31 Å². The molecule has 0 fully saturated rings. The lowest BCUT2D eigenvalue weighted by molar-refractivity contribution is -0.118. The first-order chi connectivity index (χ1) is 15.0. The van der Waals surface area contributed by atoms with Gasteiger partial charge in [-0.3, -0.25) is 9.59 Å². The van der Waals surface area contributed by atoms with E-state index in [1.807, 2.05) is 27.0 Å². The van der Waals surface area contributed by atoms with Crippen LogP contribution in [0.2, 0.25) is 0 Å². The number of carbonyl (C=O) groups is 2. The smallest absolute Gasteiger partial charge is 0.251 e. The number of sulfonamides is 1. The number of hydrogen-bond acceptors (Lipinski definition) is 7. The van der Waals surface area contributed by atoms with Crippen LogP contribution < -0.4 is 10.6 Å². The van der Waals surface area contributed by atoms with E-state index in [0.717, 1.165) is 9.90 Å². The Bertz CT molecular complexity index is 1060. The molecule has 0 saturated carbocycles. The Morgan fingerprint density at radius 1 is 1.22 bits per heavy atom. The summed E-state index contributed by atoms with van der Waals surface area (Å²) in [6, 6.07) is 5.05. The predicted molar refractivity (Wildman–Crippen MR) is 130 cm³/mol. The van der Waals surface area contributed by atoms with Crippen molar-refractivity contribution in [1.82, 2.24) is 14.6 Å². The van der Waals surface area contributed by atoms with Crippen LogP contribution in [0.15, 0.2) is 33.4 Å². The lowest BCUT2D eigenvalue weighted by Crippen LogP contribution is -2.47. The molecular formula is C21H30N4O4S3. The Kier molecular flexibility index (Phi) is 9.26. The van der Waals surface area contributed by atoms with E-state index in [1.54, 1.807) is 25.6 Å². The summed E-state index contributed by atoms with van der Waals surface area (Å²) in [4.78, 5) is 30.1. The highest BCUT2D eigenvalue weighted by molar-refractivity contribution is 8.00. The van der Waals surface area contributed by atoms with Gasteiger partial charge in [-0.1, -0.05) is 45.1 Å². The number of hydrogen-bond donors (Lipinski definition) is 2. The number of nitrogens with one attached hydrogen (secondary N) is 2. The van der Waals surface area contributed by atoms with Crippen LogP contribution in [0.1, 0.15) is 43.7 Å². The number of aromatic nitrogens is 1. The van der Waals surface area contributed by atoms with E-state index in [1.165, 1.54) is 39.9 Å². The highest BCUT2D eigenvalue weighted by Crippen LogP contribution is 2.30. The van der Waals surface area contributed by atoms with E-state index < -0.39 is 22.0 Å². The van der Waals surface area contributed by atoms with Crippen molar-refractivity contribution in [2.24, 2.45) is 5.92 Å². The van der Waals surface area contributed by atoms with Crippen molar-refractivity contribution in [3.63, 3.8) is 0 Å². The Hall–Kier alpha value is -1.95. The summed E-state index contributed by atoms with van der Waals surface area (Å²) < 4.78 is 27.9. The molecule has 0 aliphatic rings. The van der Waals surface area contributed by atoms with Crippen LogP contribution in [0.4, 0.5) is 5.13 Å². The molecule has 0 radical (unpaired) electrons. The van der Waals surface area contributed by atoms with Gasteiger partial charge in [0.2, 0.25) is 15.9 Å². The van der Waals surface area contributed by atoms with Gasteiger partial charge in [0.15, 0.2) is 5.13 Å². The van der Waals surface area contributed by atoms with Crippen LogP contribution in [0.3, 0.4) is 0 Å². The highest BCUT2D eigenvalue weighted by Gasteiger charge is 2.27. The summed E-state index contributed by atoms with van der Waals surface area (Å²) in [6.45, 7) is 9.71. The van der Waals surface area contributed by atoms with Gasteiger partial charge in [0.05, 0.1) is 14.8 Å². The molecule has 2 aromatic rings. The topological polar surface area (TPSA) is 108 Å². The van der Waals surface area contributed by atoms with Crippen LogP contribution in [0.25, 0.3) is 0 Å². The predicted octanol–water partition coefficient (Wildman–Crippen LogP) is 3.60. The Labute approximate surface area is 198 Å². The lowest BCUT2D eigenvalue weighted by atomic mass is 10.0. The largest absolute Gasteiger partial charge is 0.340 e. The molecule has 0 bridgehead atoms. The average Bonchev–Trinajstić information content (AvgIpc) is 3.11. The van der Waals surface area contributed by atoms with E-state index in [0.29, 0.717) is 18.2 Å². The molecule has 2 amide bonds. The second-order valence-corrected chi connectivity index (χ2v) is 11.4. The van der Waals surface area contributed by atoms with Crippen LogP contribution in [-0.2, 0) is 14.8 Å². The van der Waals surface area contributed by atoms with Crippen LogP contribution in [0.5, 0.6) is 0 Å². The van der Waals surface area contributed by atoms with Crippen LogP contribution >= 0.6 is 23.1 Å². The van der Waals surface area contributed by atoms with E-state index in [9.17, 15) is 18.0 Å². The van der Waals surface area contributed by atoms with Crippen molar-refractivity contribution in [3.8, 4) is 0 Å². The zero-order chi connectivity index (χ0) is 24.1. The van der Waals surface area contributed by atoms with E-state index in [4.69, 9.17) is 0 Å². The molecule has 2 N–H and O–H groups in total. The van der Waals surface area contributed by atoms with Crippen molar-refractivity contribution >= 4 is 50.1 Å². The summed E-state index contributed by atoms with van der Waals surface area (Å²) >= 11 is 2.94. The third-order valence-corrected chi connectivity index (χ3v) is 9.17. The number of benzene rings is 1. The third-order valence-electron chi connectivity index (χ3n) is 4.84. The Balaban J connectivity index is 2.22. The van der Waals surface area contributed by atoms with Crippen molar-refractivity contribution in [3.05, 3.63) is 35.5 Å². The average molecular weight is 499 g/mol. The molecule has 0 aliphatic heterocycles. The molecule has 0 saturated heterocycles. The van der Waals surface area contributed by atoms with Gasteiger partial charge >= 0.3 is 0 Å². The van der Waals surface area contributed by atoms with Gasteiger partial charge in [-0.25, -0.2) is 13.4 Å². The highest BCUT2D eigenvalue weighted by atomic mass is 32.2. The molecule has 1 aromatic carbocycles. The van der Waals surface area contributed by atoms with Gasteiger partial charge in [0.1, 0.15) is 6.04 Å². The second-order valence-electron chi connectivity index (χ2n) is 7.40. The molecule has 2 rings (SSSR count). The SMILES string of the molecule is CCN(CC)S(=O)(=O)c1cccc(C(=O)NC(C(=O)Nc2nc(C)c(SC)s2)C(C)C)c1. The summed E-state index contributed by atoms with van der Waals surface area (Å²) in [5.41, 5.74) is 1.01. The molecule has 0 spiro atoms. The molecule has 1 unspecified atom stereocenters. The molecule has 1 aromatic heterocycles. The number of anilines is 1. The molecular weight excluding hydrogens is 468 g/mol. The van der Waals surface area contributed by atoms with E-state index in [2.05, 4.69) is 15.6 Å². The molecule has 8 nitrogen and oxygen atoms in total. The summed E-state index contributed by atoms with van der Waals surface area (Å²) in [7, 11) is -3.70. The number of carbonyl (C=O) groups excluding carboxylic acids is 2. The van der Waals surface area contributed by atoms with Gasteiger partial charge in [0, 0.05) is 18.7 Å². The quantitative estimate of drug-likeness (QED) is 0.485. The lowest BCUT2D eigenvalue weighted by Gasteiger charge is -2.22. The summed E-state index contributed by atoms with van der Waals surface area (Å²) in [6.07, 6.45) is 1.94. The second kappa shape index (κ2) is 11.3. The number of thioether (sulfide) groups is 1. The van der Waals surface area contributed by atoms with Crippen LogP contribution in [0, 0.1) is 12.8 Å². The van der Waals surface area contributed by atoms with Gasteiger partial charge < -0.3 is 10.6 Å². The van der Waals surface area contributed by atoms with Crippen molar-refractivity contribution < 1.29 is 18.0 Å².